The zero-order chi connectivity index (χ0) is 13.3. The van der Waals surface area contributed by atoms with Crippen LogP contribution in [0.4, 0.5) is 0 Å². The molecule has 0 bridgehead atoms. The predicted molar refractivity (Wildman–Crippen MR) is 72.9 cm³/mol. The van der Waals surface area contributed by atoms with E-state index in [0.29, 0.717) is 5.92 Å². The molecule has 4 nitrogen and oxygen atoms in total. The first-order valence-corrected chi connectivity index (χ1v) is 6.92. The van der Waals surface area contributed by atoms with Crippen LogP contribution in [0.2, 0.25) is 5.02 Å². The number of halogens is 1. The molecule has 1 N–H and O–H groups in total. The second kappa shape index (κ2) is 5.59. The molecule has 0 radical (unpaired) electrons. The average molecular weight is 272 g/mol. The molecular weight excluding hydrogens is 250 g/mol. The highest BCUT2D eigenvalue weighted by molar-refractivity contribution is 6.31. The molecule has 18 heavy (non-hydrogen) atoms. The Morgan fingerprint density at radius 3 is 2.78 bits per heavy atom. The van der Waals surface area contributed by atoms with Crippen molar-refractivity contribution in [3.05, 3.63) is 16.9 Å². The zero-order valence-electron chi connectivity index (χ0n) is 11.3. The quantitative estimate of drug-likeness (QED) is 0.910. The van der Waals surface area contributed by atoms with Crippen molar-refractivity contribution in [2.75, 3.05) is 20.6 Å². The second-order valence-electron chi connectivity index (χ2n) is 5.51. The molecule has 1 aromatic heterocycles. The Balaban J connectivity index is 2.18. The molecule has 1 saturated carbocycles. The summed E-state index contributed by atoms with van der Waals surface area (Å²) in [6, 6.07) is 0. The lowest BCUT2D eigenvalue weighted by molar-refractivity contribution is 0.135. The van der Waals surface area contributed by atoms with Crippen molar-refractivity contribution in [2.45, 2.75) is 38.3 Å². The maximum atomic E-state index is 9.89. The van der Waals surface area contributed by atoms with Crippen LogP contribution in [0.5, 0.6) is 0 Å². The zero-order valence-corrected chi connectivity index (χ0v) is 12.1. The fourth-order valence-electron chi connectivity index (χ4n) is 2.74. The van der Waals surface area contributed by atoms with Gasteiger partial charge in [-0.05, 0) is 32.9 Å². The second-order valence-corrected chi connectivity index (χ2v) is 5.92. The standard InChI is InChI=1S/C13H22ClN3O/c1-9-10(4-5-12(9)18)13-11(14)8-15-17(13)7-6-16(2)3/h8-10,12,18H,4-7H2,1-3H3. The van der Waals surface area contributed by atoms with E-state index in [0.717, 1.165) is 36.6 Å². The number of likely N-dealkylation sites (N-methyl/N-ethyl adjacent to an activating group) is 1. The molecule has 3 atom stereocenters. The van der Waals surface area contributed by atoms with Gasteiger partial charge in [0.1, 0.15) is 0 Å². The molecule has 1 aliphatic carbocycles. The highest BCUT2D eigenvalue weighted by atomic mass is 35.5. The van der Waals surface area contributed by atoms with Gasteiger partial charge in [0.2, 0.25) is 0 Å². The van der Waals surface area contributed by atoms with Crippen LogP contribution in [0.25, 0.3) is 0 Å². The molecule has 0 spiro atoms. The Labute approximate surface area is 114 Å². The number of aromatic nitrogens is 2. The third-order valence-corrected chi connectivity index (χ3v) is 4.25. The Kier molecular flexibility index (Phi) is 4.30. The number of hydrogen-bond donors (Lipinski definition) is 1. The first-order chi connectivity index (χ1) is 8.50. The Morgan fingerprint density at radius 1 is 1.50 bits per heavy atom. The van der Waals surface area contributed by atoms with E-state index in [1.807, 2.05) is 18.8 Å². The normalized spacial score (nSPS) is 28.2. The van der Waals surface area contributed by atoms with Crippen molar-refractivity contribution in [3.63, 3.8) is 0 Å². The van der Waals surface area contributed by atoms with Crippen molar-refractivity contribution in [1.29, 1.82) is 0 Å². The number of aliphatic hydroxyl groups excluding tert-OH is 1. The van der Waals surface area contributed by atoms with Gasteiger partial charge in [-0.25, -0.2) is 0 Å². The average Bonchev–Trinajstić information content (AvgIpc) is 2.82. The molecule has 0 aromatic carbocycles. The van der Waals surface area contributed by atoms with Gasteiger partial charge in [0.05, 0.1) is 29.6 Å². The van der Waals surface area contributed by atoms with Gasteiger partial charge in [0, 0.05) is 12.5 Å². The number of rotatable bonds is 4. The number of nitrogens with zero attached hydrogens (tertiary/aromatic N) is 3. The molecule has 0 aliphatic heterocycles. The summed E-state index contributed by atoms with van der Waals surface area (Å²) in [5, 5.41) is 15.0. The lowest BCUT2D eigenvalue weighted by atomic mass is 9.93. The van der Waals surface area contributed by atoms with E-state index in [4.69, 9.17) is 11.6 Å². The van der Waals surface area contributed by atoms with Crippen LogP contribution in [-0.2, 0) is 6.54 Å². The summed E-state index contributed by atoms with van der Waals surface area (Å²) in [7, 11) is 4.10. The topological polar surface area (TPSA) is 41.3 Å². The summed E-state index contributed by atoms with van der Waals surface area (Å²) in [6.07, 6.45) is 3.38. The summed E-state index contributed by atoms with van der Waals surface area (Å²) in [5.74, 6) is 0.592. The maximum Gasteiger partial charge on any atom is 0.0820 e. The maximum absolute atomic E-state index is 9.89. The van der Waals surface area contributed by atoms with Crippen molar-refractivity contribution in [1.82, 2.24) is 14.7 Å². The van der Waals surface area contributed by atoms with Crippen LogP contribution in [0.15, 0.2) is 6.20 Å². The molecule has 102 valence electrons. The Hall–Kier alpha value is -0.580. The Morgan fingerprint density at radius 2 is 2.22 bits per heavy atom. The van der Waals surface area contributed by atoms with Crippen LogP contribution in [0.1, 0.15) is 31.4 Å². The summed E-state index contributed by atoms with van der Waals surface area (Å²) in [4.78, 5) is 2.13. The number of hydrogen-bond acceptors (Lipinski definition) is 3. The minimum atomic E-state index is -0.205. The van der Waals surface area contributed by atoms with Gasteiger partial charge in [0.15, 0.2) is 0 Å². The summed E-state index contributed by atoms with van der Waals surface area (Å²) in [6.45, 7) is 3.88. The van der Waals surface area contributed by atoms with E-state index in [-0.39, 0.29) is 12.0 Å². The molecule has 5 heteroatoms. The lowest BCUT2D eigenvalue weighted by Crippen LogP contribution is -2.22. The van der Waals surface area contributed by atoms with E-state index >= 15 is 0 Å². The van der Waals surface area contributed by atoms with Crippen LogP contribution < -0.4 is 0 Å². The predicted octanol–water partition coefficient (Wildman–Crippen LogP) is 1.97. The molecular formula is C13H22ClN3O. The lowest BCUT2D eigenvalue weighted by Gasteiger charge is -2.20. The smallest absolute Gasteiger partial charge is 0.0820 e. The fraction of sp³-hybridized carbons (Fsp3) is 0.769. The molecule has 1 aliphatic rings. The van der Waals surface area contributed by atoms with Gasteiger partial charge in [-0.15, -0.1) is 0 Å². The summed E-state index contributed by atoms with van der Waals surface area (Å²) >= 11 is 6.27. The molecule has 1 fully saturated rings. The summed E-state index contributed by atoms with van der Waals surface area (Å²) in [5.41, 5.74) is 1.10. The van der Waals surface area contributed by atoms with Crippen molar-refractivity contribution >= 4 is 11.6 Å². The van der Waals surface area contributed by atoms with Crippen LogP contribution in [0, 0.1) is 5.92 Å². The van der Waals surface area contributed by atoms with Crippen molar-refractivity contribution in [2.24, 2.45) is 5.92 Å². The number of aliphatic hydroxyl groups is 1. The monoisotopic (exact) mass is 271 g/mol. The van der Waals surface area contributed by atoms with E-state index in [9.17, 15) is 5.11 Å². The van der Waals surface area contributed by atoms with Gasteiger partial charge >= 0.3 is 0 Å². The third kappa shape index (κ3) is 2.71. The van der Waals surface area contributed by atoms with E-state index in [2.05, 4.69) is 16.9 Å². The molecule has 1 heterocycles. The highest BCUT2D eigenvalue weighted by Crippen LogP contribution is 2.41. The van der Waals surface area contributed by atoms with Gasteiger partial charge in [0.25, 0.3) is 0 Å². The van der Waals surface area contributed by atoms with E-state index in [1.165, 1.54) is 0 Å². The molecule has 0 amide bonds. The van der Waals surface area contributed by atoms with Crippen LogP contribution >= 0.6 is 11.6 Å². The molecule has 0 saturated heterocycles. The molecule has 1 aromatic rings. The van der Waals surface area contributed by atoms with Gasteiger partial charge in [-0.1, -0.05) is 18.5 Å². The van der Waals surface area contributed by atoms with Crippen molar-refractivity contribution in [3.8, 4) is 0 Å². The third-order valence-electron chi connectivity index (χ3n) is 3.96. The van der Waals surface area contributed by atoms with Gasteiger partial charge < -0.3 is 10.0 Å². The van der Waals surface area contributed by atoms with Crippen LogP contribution in [0.3, 0.4) is 0 Å². The SMILES string of the molecule is CC1C(O)CCC1c1c(Cl)cnn1CCN(C)C. The summed E-state index contributed by atoms with van der Waals surface area (Å²) < 4.78 is 2.00. The van der Waals surface area contributed by atoms with E-state index in [1.54, 1.807) is 6.20 Å². The van der Waals surface area contributed by atoms with Gasteiger partial charge in [-0.2, -0.15) is 5.10 Å². The van der Waals surface area contributed by atoms with Crippen LogP contribution in [-0.4, -0.2) is 46.5 Å². The first kappa shape index (κ1) is 13.8. The minimum absolute atomic E-state index is 0.205. The Bertz CT molecular complexity index is 405. The largest absolute Gasteiger partial charge is 0.393 e. The van der Waals surface area contributed by atoms with E-state index < -0.39 is 0 Å². The molecule has 2 rings (SSSR count). The van der Waals surface area contributed by atoms with Gasteiger partial charge in [-0.3, -0.25) is 4.68 Å². The highest BCUT2D eigenvalue weighted by Gasteiger charge is 2.35. The van der Waals surface area contributed by atoms with Crippen molar-refractivity contribution < 1.29 is 5.11 Å². The minimum Gasteiger partial charge on any atom is -0.393 e. The first-order valence-electron chi connectivity index (χ1n) is 6.54. The molecule has 3 unspecified atom stereocenters. The fourth-order valence-corrected chi connectivity index (χ4v) is 3.02.